The minimum atomic E-state index is -0.660. The Balaban J connectivity index is 1.35. The topological polar surface area (TPSA) is 77.8 Å². The van der Waals surface area contributed by atoms with Crippen LogP contribution in [0.4, 0.5) is 0 Å². The number of fused-ring (bicyclic) bond motifs is 7. The molecule has 36 heavy (non-hydrogen) atoms. The lowest BCUT2D eigenvalue weighted by molar-refractivity contribution is -0.159. The molecule has 4 aliphatic carbocycles. The molecule has 1 heterocycles. The zero-order valence-electron chi connectivity index (χ0n) is 21.1. The van der Waals surface area contributed by atoms with E-state index in [1.807, 2.05) is 24.3 Å². The molecular weight excluding hydrogens is 474 g/mol. The standard InChI is InChI=1S/C30H36ClNO4/c1-28-9-8-22(34)11-19(28)6-7-23-24-12-20-15-32(14-18-4-3-5-21(31)10-18)17-30(20,26(36)16-33)29(24,2)13-25(35)27(23)28/h3-5,8-11,20,23-25,27,33,35H,6-7,12-17H2,1-2H3/t20-,23-,24-,25-,27+,28-,29-,30+/m0/s1. The van der Waals surface area contributed by atoms with Crippen LogP contribution in [0.25, 0.3) is 0 Å². The van der Waals surface area contributed by atoms with Crippen molar-refractivity contribution in [2.75, 3.05) is 19.7 Å². The summed E-state index contributed by atoms with van der Waals surface area (Å²) in [7, 11) is 0. The van der Waals surface area contributed by atoms with Crippen LogP contribution in [-0.4, -0.2) is 52.5 Å². The number of likely N-dealkylation sites (tertiary alicyclic amines) is 1. The summed E-state index contributed by atoms with van der Waals surface area (Å²) in [6, 6.07) is 7.87. The van der Waals surface area contributed by atoms with Crippen molar-refractivity contribution in [1.82, 2.24) is 4.90 Å². The van der Waals surface area contributed by atoms with Gasteiger partial charge in [-0.2, -0.15) is 0 Å². The molecule has 1 saturated heterocycles. The maximum atomic E-state index is 13.7. The van der Waals surface area contributed by atoms with E-state index in [0.29, 0.717) is 23.9 Å². The van der Waals surface area contributed by atoms with Gasteiger partial charge in [0.1, 0.15) is 6.61 Å². The highest BCUT2D eigenvalue weighted by Gasteiger charge is 2.73. The number of allylic oxidation sites excluding steroid dienone is 4. The molecule has 4 fully saturated rings. The van der Waals surface area contributed by atoms with E-state index in [4.69, 9.17) is 11.6 Å². The molecule has 6 heteroatoms. The molecule has 1 aromatic carbocycles. The van der Waals surface area contributed by atoms with E-state index in [0.717, 1.165) is 43.5 Å². The van der Waals surface area contributed by atoms with Gasteiger partial charge >= 0.3 is 0 Å². The largest absolute Gasteiger partial charge is 0.393 e. The summed E-state index contributed by atoms with van der Waals surface area (Å²) < 4.78 is 0. The molecule has 1 aromatic rings. The predicted octanol–water partition coefficient (Wildman–Crippen LogP) is 4.21. The smallest absolute Gasteiger partial charge is 0.178 e. The number of aliphatic hydroxyl groups is 2. The molecule has 8 atom stereocenters. The molecule has 5 nitrogen and oxygen atoms in total. The lowest BCUT2D eigenvalue weighted by Gasteiger charge is -2.60. The Morgan fingerprint density at radius 1 is 1.28 bits per heavy atom. The molecule has 3 saturated carbocycles. The fourth-order valence-corrected chi connectivity index (χ4v) is 9.87. The normalized spacial score (nSPS) is 43.4. The van der Waals surface area contributed by atoms with E-state index in [9.17, 15) is 19.8 Å². The van der Waals surface area contributed by atoms with Crippen LogP contribution in [0.2, 0.25) is 5.02 Å². The maximum Gasteiger partial charge on any atom is 0.178 e. The highest BCUT2D eigenvalue weighted by Crippen LogP contribution is 2.72. The lowest BCUT2D eigenvalue weighted by Crippen LogP contribution is -2.60. The predicted molar refractivity (Wildman–Crippen MR) is 138 cm³/mol. The quantitative estimate of drug-likeness (QED) is 0.635. The van der Waals surface area contributed by atoms with E-state index in [1.54, 1.807) is 12.2 Å². The van der Waals surface area contributed by atoms with Gasteiger partial charge in [0, 0.05) is 36.0 Å². The van der Waals surface area contributed by atoms with E-state index >= 15 is 0 Å². The van der Waals surface area contributed by atoms with Crippen molar-refractivity contribution in [3.05, 3.63) is 58.7 Å². The summed E-state index contributed by atoms with van der Waals surface area (Å²) in [6.07, 6.45) is 8.21. The average Bonchev–Trinajstić information content (AvgIpc) is 3.30. The maximum absolute atomic E-state index is 13.7. The van der Waals surface area contributed by atoms with Crippen molar-refractivity contribution in [2.24, 2.45) is 39.9 Å². The Hall–Kier alpha value is -1.79. The molecule has 0 radical (unpaired) electrons. The van der Waals surface area contributed by atoms with Crippen molar-refractivity contribution in [3.8, 4) is 0 Å². The van der Waals surface area contributed by atoms with Crippen LogP contribution in [0.3, 0.4) is 0 Å². The van der Waals surface area contributed by atoms with Crippen LogP contribution < -0.4 is 0 Å². The Labute approximate surface area is 218 Å². The van der Waals surface area contributed by atoms with Gasteiger partial charge in [0.15, 0.2) is 11.6 Å². The molecule has 2 N–H and O–H groups in total. The first-order valence-corrected chi connectivity index (χ1v) is 13.7. The van der Waals surface area contributed by atoms with E-state index in [2.05, 4.69) is 24.8 Å². The first-order chi connectivity index (χ1) is 17.1. The Morgan fingerprint density at radius 2 is 2.08 bits per heavy atom. The fraction of sp³-hybridized carbons (Fsp3) is 0.600. The number of ketones is 2. The third kappa shape index (κ3) is 3.25. The van der Waals surface area contributed by atoms with Crippen LogP contribution in [0.15, 0.2) is 48.1 Å². The van der Waals surface area contributed by atoms with Gasteiger partial charge in [-0.25, -0.2) is 0 Å². The summed E-state index contributed by atoms with van der Waals surface area (Å²) in [5.74, 6) is 0.771. The van der Waals surface area contributed by atoms with Crippen LogP contribution in [-0.2, 0) is 16.1 Å². The van der Waals surface area contributed by atoms with Crippen molar-refractivity contribution in [1.29, 1.82) is 0 Å². The van der Waals surface area contributed by atoms with Crippen LogP contribution >= 0.6 is 11.6 Å². The minimum Gasteiger partial charge on any atom is -0.393 e. The average molecular weight is 510 g/mol. The van der Waals surface area contributed by atoms with Crippen LogP contribution in [0.1, 0.15) is 45.1 Å². The molecule has 0 spiro atoms. The zero-order chi connectivity index (χ0) is 25.5. The molecule has 6 rings (SSSR count). The summed E-state index contributed by atoms with van der Waals surface area (Å²) >= 11 is 6.23. The molecule has 0 unspecified atom stereocenters. The highest BCUT2D eigenvalue weighted by atomic mass is 35.5. The van der Waals surface area contributed by atoms with Gasteiger partial charge in [0.25, 0.3) is 0 Å². The number of carbonyl (C=O) groups excluding carboxylic acids is 2. The van der Waals surface area contributed by atoms with E-state index < -0.39 is 18.1 Å². The van der Waals surface area contributed by atoms with Crippen molar-refractivity contribution in [2.45, 2.75) is 52.2 Å². The van der Waals surface area contributed by atoms with Gasteiger partial charge in [-0.1, -0.05) is 49.2 Å². The van der Waals surface area contributed by atoms with Crippen LogP contribution in [0.5, 0.6) is 0 Å². The zero-order valence-corrected chi connectivity index (χ0v) is 21.9. The molecular formula is C30H36ClNO4. The Bertz CT molecular complexity index is 1180. The summed E-state index contributed by atoms with van der Waals surface area (Å²) in [6.45, 7) is 6.09. The number of rotatable bonds is 4. The third-order valence-electron chi connectivity index (χ3n) is 11.0. The number of benzene rings is 1. The molecule has 192 valence electrons. The SMILES string of the molecule is C[C@]12C=CC(=O)C=C1CC[C@@H]1[C@@H]2[C@@H](O)C[C@@]2(C)[C@H]1C[C@H]1CN(Cc3cccc(Cl)c3)C[C@]12C(=O)CO. The van der Waals surface area contributed by atoms with E-state index in [-0.39, 0.29) is 40.2 Å². The third-order valence-corrected chi connectivity index (χ3v) is 11.3. The summed E-state index contributed by atoms with van der Waals surface area (Å²) in [5.41, 5.74) is 0.907. The number of aliphatic hydroxyl groups excluding tert-OH is 2. The minimum absolute atomic E-state index is 0.0405. The number of hydrogen-bond acceptors (Lipinski definition) is 5. The second-order valence-electron chi connectivity index (χ2n) is 12.5. The van der Waals surface area contributed by atoms with E-state index in [1.165, 1.54) is 0 Å². The van der Waals surface area contributed by atoms with Gasteiger partial charge in [0.2, 0.25) is 0 Å². The molecule has 0 amide bonds. The number of halogens is 1. The van der Waals surface area contributed by atoms with Gasteiger partial charge in [0.05, 0.1) is 11.5 Å². The van der Waals surface area contributed by atoms with Gasteiger partial charge in [-0.05, 0) is 78.7 Å². The monoisotopic (exact) mass is 509 g/mol. The van der Waals surface area contributed by atoms with Crippen molar-refractivity contribution in [3.63, 3.8) is 0 Å². The number of nitrogens with zero attached hydrogens (tertiary/aromatic N) is 1. The molecule has 5 aliphatic rings. The summed E-state index contributed by atoms with van der Waals surface area (Å²) in [4.78, 5) is 28.1. The van der Waals surface area contributed by atoms with Gasteiger partial charge in [-0.15, -0.1) is 0 Å². The lowest BCUT2D eigenvalue weighted by atomic mass is 9.44. The van der Waals surface area contributed by atoms with Crippen molar-refractivity contribution < 1.29 is 19.8 Å². The fourth-order valence-electron chi connectivity index (χ4n) is 9.65. The number of carbonyl (C=O) groups is 2. The second kappa shape index (κ2) is 8.36. The Kier molecular flexibility index (Phi) is 5.70. The first-order valence-electron chi connectivity index (χ1n) is 13.4. The number of hydrogen-bond donors (Lipinski definition) is 2. The number of Topliss-reactive ketones (excluding diaryl/α,β-unsaturated/α-hetero) is 1. The summed E-state index contributed by atoms with van der Waals surface area (Å²) in [5, 5.41) is 22.6. The Morgan fingerprint density at radius 3 is 2.83 bits per heavy atom. The van der Waals surface area contributed by atoms with Gasteiger partial charge < -0.3 is 10.2 Å². The van der Waals surface area contributed by atoms with Crippen molar-refractivity contribution >= 4 is 23.2 Å². The molecule has 0 aromatic heterocycles. The highest BCUT2D eigenvalue weighted by molar-refractivity contribution is 6.30. The van der Waals surface area contributed by atoms with Crippen LogP contribution in [0, 0.1) is 39.9 Å². The molecule has 1 aliphatic heterocycles. The second-order valence-corrected chi connectivity index (χ2v) is 12.9. The van der Waals surface area contributed by atoms with Gasteiger partial charge in [-0.3, -0.25) is 14.5 Å². The molecule has 0 bridgehead atoms. The first kappa shape index (κ1) is 24.5.